The summed E-state index contributed by atoms with van der Waals surface area (Å²) in [6.07, 6.45) is 25.1. The lowest BCUT2D eigenvalue weighted by Crippen LogP contribution is -2.26. The van der Waals surface area contributed by atoms with Crippen LogP contribution in [0.25, 0.3) is 0 Å². The molecule has 1 heterocycles. The van der Waals surface area contributed by atoms with Crippen LogP contribution < -0.4 is 0 Å². The minimum absolute atomic E-state index is 0.631. The van der Waals surface area contributed by atoms with Crippen LogP contribution in [0, 0.1) is 0 Å². The van der Waals surface area contributed by atoms with E-state index >= 15 is 0 Å². The maximum Gasteiger partial charge on any atom is 0.0597 e. The average Bonchev–Trinajstić information content (AvgIpc) is 2.45. The standard InChI is InChI=1S/C20H40O/c1-2-3-4-5-6-7-8-9-10-11-12-13-14-15-16-17-20-18-19-21-20/h20H,2-19H2,1H3. The number of hydrogen-bond acceptors (Lipinski definition) is 1. The molecule has 1 heteroatoms. The smallest absolute Gasteiger partial charge is 0.0597 e. The molecule has 1 atom stereocenters. The molecule has 0 radical (unpaired) electrons. The number of rotatable bonds is 16. The van der Waals surface area contributed by atoms with Crippen molar-refractivity contribution in [2.75, 3.05) is 6.61 Å². The first-order chi connectivity index (χ1) is 10.4. The lowest BCUT2D eigenvalue weighted by atomic mass is 10.0. The molecule has 1 aliphatic heterocycles. The molecule has 1 unspecified atom stereocenters. The van der Waals surface area contributed by atoms with Gasteiger partial charge in [-0.2, -0.15) is 0 Å². The van der Waals surface area contributed by atoms with Crippen molar-refractivity contribution < 1.29 is 4.74 Å². The third-order valence-electron chi connectivity index (χ3n) is 4.92. The molecule has 1 saturated heterocycles. The minimum Gasteiger partial charge on any atom is -0.378 e. The van der Waals surface area contributed by atoms with Gasteiger partial charge in [0.05, 0.1) is 6.10 Å². The van der Waals surface area contributed by atoms with Crippen LogP contribution in [-0.4, -0.2) is 12.7 Å². The van der Waals surface area contributed by atoms with E-state index in [1.54, 1.807) is 0 Å². The Labute approximate surface area is 134 Å². The second kappa shape index (κ2) is 14.9. The van der Waals surface area contributed by atoms with Gasteiger partial charge in [0.25, 0.3) is 0 Å². The van der Waals surface area contributed by atoms with Gasteiger partial charge in [-0.25, -0.2) is 0 Å². The molecule has 1 nitrogen and oxygen atoms in total. The number of unbranched alkanes of at least 4 members (excludes halogenated alkanes) is 14. The van der Waals surface area contributed by atoms with Crippen molar-refractivity contribution in [3.8, 4) is 0 Å². The van der Waals surface area contributed by atoms with E-state index in [-0.39, 0.29) is 0 Å². The molecule has 0 aromatic carbocycles. The molecular weight excluding hydrogens is 256 g/mol. The lowest BCUT2D eigenvalue weighted by Gasteiger charge is -2.26. The molecule has 126 valence electrons. The molecule has 1 fully saturated rings. The number of ether oxygens (including phenoxy) is 1. The Morgan fingerprint density at radius 3 is 1.33 bits per heavy atom. The molecule has 0 spiro atoms. The molecule has 0 bridgehead atoms. The second-order valence-electron chi connectivity index (χ2n) is 7.02. The fourth-order valence-electron chi connectivity index (χ4n) is 3.26. The van der Waals surface area contributed by atoms with Gasteiger partial charge in [-0.05, 0) is 12.8 Å². The molecular formula is C20H40O. The van der Waals surface area contributed by atoms with Gasteiger partial charge in [0, 0.05) is 6.61 Å². The summed E-state index contributed by atoms with van der Waals surface area (Å²) in [5.74, 6) is 0. The van der Waals surface area contributed by atoms with Crippen LogP contribution in [0.1, 0.15) is 116 Å². The maximum atomic E-state index is 5.45. The highest BCUT2D eigenvalue weighted by Gasteiger charge is 2.16. The first-order valence-electron chi connectivity index (χ1n) is 10.0. The molecule has 1 rings (SSSR count). The van der Waals surface area contributed by atoms with Crippen molar-refractivity contribution in [2.24, 2.45) is 0 Å². The van der Waals surface area contributed by atoms with E-state index in [0.29, 0.717) is 6.10 Å². The summed E-state index contributed by atoms with van der Waals surface area (Å²) in [5.41, 5.74) is 0. The highest BCUT2D eigenvalue weighted by atomic mass is 16.5. The molecule has 1 aliphatic rings. The van der Waals surface area contributed by atoms with Gasteiger partial charge in [-0.15, -0.1) is 0 Å². The first kappa shape index (κ1) is 19.0. The van der Waals surface area contributed by atoms with Gasteiger partial charge in [-0.1, -0.05) is 103 Å². The topological polar surface area (TPSA) is 9.23 Å². The van der Waals surface area contributed by atoms with Crippen molar-refractivity contribution in [1.82, 2.24) is 0 Å². The highest BCUT2D eigenvalue weighted by Crippen LogP contribution is 2.19. The van der Waals surface area contributed by atoms with Gasteiger partial charge < -0.3 is 4.74 Å². The highest BCUT2D eigenvalue weighted by molar-refractivity contribution is 4.65. The van der Waals surface area contributed by atoms with Gasteiger partial charge in [0.2, 0.25) is 0 Å². The van der Waals surface area contributed by atoms with Crippen molar-refractivity contribution in [1.29, 1.82) is 0 Å². The van der Waals surface area contributed by atoms with Crippen molar-refractivity contribution in [2.45, 2.75) is 122 Å². The van der Waals surface area contributed by atoms with E-state index in [0.717, 1.165) is 6.61 Å². The summed E-state index contributed by atoms with van der Waals surface area (Å²) in [6.45, 7) is 3.31. The van der Waals surface area contributed by atoms with Gasteiger partial charge in [0.1, 0.15) is 0 Å². The third-order valence-corrected chi connectivity index (χ3v) is 4.92. The molecule has 0 aliphatic carbocycles. The van der Waals surface area contributed by atoms with Crippen molar-refractivity contribution in [3.63, 3.8) is 0 Å². The average molecular weight is 297 g/mol. The van der Waals surface area contributed by atoms with Gasteiger partial charge >= 0.3 is 0 Å². The monoisotopic (exact) mass is 296 g/mol. The Hall–Kier alpha value is -0.0400. The molecule has 0 aromatic rings. The van der Waals surface area contributed by atoms with Crippen LogP contribution in [0.2, 0.25) is 0 Å². The van der Waals surface area contributed by atoms with E-state index in [9.17, 15) is 0 Å². The van der Waals surface area contributed by atoms with Crippen molar-refractivity contribution in [3.05, 3.63) is 0 Å². The fourth-order valence-corrected chi connectivity index (χ4v) is 3.26. The van der Waals surface area contributed by atoms with Gasteiger partial charge in [0.15, 0.2) is 0 Å². The van der Waals surface area contributed by atoms with Crippen LogP contribution in [-0.2, 0) is 4.74 Å². The van der Waals surface area contributed by atoms with Crippen LogP contribution in [0.15, 0.2) is 0 Å². The van der Waals surface area contributed by atoms with E-state index in [1.807, 2.05) is 0 Å². The Balaban J connectivity index is 1.61. The maximum absolute atomic E-state index is 5.45. The zero-order chi connectivity index (χ0) is 15.0. The van der Waals surface area contributed by atoms with E-state index in [1.165, 1.54) is 109 Å². The Bertz CT molecular complexity index is 198. The Morgan fingerprint density at radius 1 is 0.619 bits per heavy atom. The van der Waals surface area contributed by atoms with Crippen LogP contribution >= 0.6 is 0 Å². The van der Waals surface area contributed by atoms with Gasteiger partial charge in [-0.3, -0.25) is 0 Å². The molecule has 0 N–H and O–H groups in total. The molecule has 0 saturated carbocycles. The Kier molecular flexibility index (Phi) is 13.5. The predicted octanol–water partition coefficient (Wildman–Crippen LogP) is 7.04. The summed E-state index contributed by atoms with van der Waals surface area (Å²) >= 11 is 0. The summed E-state index contributed by atoms with van der Waals surface area (Å²) in [5, 5.41) is 0. The zero-order valence-electron chi connectivity index (χ0n) is 14.7. The lowest BCUT2D eigenvalue weighted by molar-refractivity contribution is -0.0555. The summed E-state index contributed by atoms with van der Waals surface area (Å²) in [4.78, 5) is 0. The zero-order valence-corrected chi connectivity index (χ0v) is 14.7. The largest absolute Gasteiger partial charge is 0.378 e. The molecule has 21 heavy (non-hydrogen) atoms. The van der Waals surface area contributed by atoms with Crippen LogP contribution in [0.4, 0.5) is 0 Å². The van der Waals surface area contributed by atoms with E-state index < -0.39 is 0 Å². The summed E-state index contributed by atoms with van der Waals surface area (Å²) in [7, 11) is 0. The van der Waals surface area contributed by atoms with E-state index in [4.69, 9.17) is 4.74 Å². The van der Waals surface area contributed by atoms with Crippen LogP contribution in [0.3, 0.4) is 0 Å². The summed E-state index contributed by atoms with van der Waals surface area (Å²) in [6, 6.07) is 0. The molecule has 0 amide bonds. The molecule has 0 aromatic heterocycles. The minimum atomic E-state index is 0.631. The number of hydrogen-bond donors (Lipinski definition) is 0. The first-order valence-corrected chi connectivity index (χ1v) is 10.0. The normalized spacial score (nSPS) is 17.9. The van der Waals surface area contributed by atoms with Crippen LogP contribution in [0.5, 0.6) is 0 Å². The predicted molar refractivity (Wildman–Crippen MR) is 93.9 cm³/mol. The SMILES string of the molecule is CCCCCCCCCCCCCCCCCC1CCO1. The Morgan fingerprint density at radius 2 is 1.00 bits per heavy atom. The van der Waals surface area contributed by atoms with Crippen molar-refractivity contribution >= 4 is 0 Å². The third kappa shape index (κ3) is 12.2. The summed E-state index contributed by atoms with van der Waals surface area (Å²) < 4.78 is 5.45. The van der Waals surface area contributed by atoms with E-state index in [2.05, 4.69) is 6.92 Å². The second-order valence-corrected chi connectivity index (χ2v) is 7.02. The quantitative estimate of drug-likeness (QED) is 0.278. The fraction of sp³-hybridized carbons (Fsp3) is 1.00.